The van der Waals surface area contributed by atoms with Crippen LogP contribution in [0.4, 0.5) is 0 Å². The Kier molecular flexibility index (Phi) is 15.7. The molecule has 0 saturated heterocycles. The quantitative estimate of drug-likeness (QED) is 0.181. The van der Waals surface area contributed by atoms with Crippen molar-refractivity contribution in [1.29, 1.82) is 0 Å². The predicted octanol–water partition coefficient (Wildman–Crippen LogP) is 7.58. The van der Waals surface area contributed by atoms with E-state index >= 15 is 0 Å². The number of ether oxygens (including phenoxy) is 4. The van der Waals surface area contributed by atoms with E-state index in [0.717, 1.165) is 24.2 Å². The van der Waals surface area contributed by atoms with Crippen LogP contribution in [0.5, 0.6) is 5.75 Å². The Balaban J connectivity index is 1.75. The number of benzene rings is 2. The lowest BCUT2D eigenvalue weighted by molar-refractivity contribution is -0.00489. The fraction of sp³-hybridized carbons (Fsp3) is 0.655. The Morgan fingerprint density at radius 2 is 1.27 bits per heavy atom. The normalized spacial score (nSPS) is 12.3. The van der Waals surface area contributed by atoms with Crippen molar-refractivity contribution >= 4 is 10.8 Å². The first-order valence-electron chi connectivity index (χ1n) is 13.2. The first-order chi connectivity index (χ1) is 16.3. The zero-order valence-corrected chi connectivity index (χ0v) is 21.1. The van der Waals surface area contributed by atoms with Gasteiger partial charge in [-0.25, -0.2) is 0 Å². The van der Waals surface area contributed by atoms with Crippen LogP contribution in [-0.4, -0.2) is 45.7 Å². The van der Waals surface area contributed by atoms with Crippen molar-refractivity contribution in [2.24, 2.45) is 0 Å². The molecule has 0 aliphatic rings. The number of fused-ring (bicyclic) bond motifs is 1. The van der Waals surface area contributed by atoms with Crippen LogP contribution in [0.3, 0.4) is 0 Å². The second-order valence-electron chi connectivity index (χ2n) is 8.72. The summed E-state index contributed by atoms with van der Waals surface area (Å²) in [5.74, 6) is 0.950. The minimum Gasteiger partial charge on any atom is -0.487 e. The molecule has 0 N–H and O–H groups in total. The van der Waals surface area contributed by atoms with Crippen LogP contribution in [0.1, 0.15) is 78.1 Å². The van der Waals surface area contributed by atoms with Crippen molar-refractivity contribution in [3.63, 3.8) is 0 Å². The van der Waals surface area contributed by atoms with E-state index in [1.807, 2.05) is 6.92 Å². The predicted molar refractivity (Wildman–Crippen MR) is 138 cm³/mol. The standard InChI is InChI=1S/C29H46O4/c1-3-5-6-7-8-9-10-11-12-18-27(25-32-24-23-31-22-21-30-4-2)33-29-20-15-17-26-16-13-14-19-28(26)29/h13-17,19-20,27H,3-12,18,21-25H2,1-2H3. The van der Waals surface area contributed by atoms with Crippen molar-refractivity contribution in [2.75, 3.05) is 39.6 Å². The molecule has 0 spiro atoms. The van der Waals surface area contributed by atoms with Crippen LogP contribution in [0, 0.1) is 0 Å². The van der Waals surface area contributed by atoms with E-state index in [1.165, 1.54) is 63.2 Å². The molecule has 2 aromatic carbocycles. The smallest absolute Gasteiger partial charge is 0.127 e. The molecule has 0 aliphatic carbocycles. The minimum absolute atomic E-state index is 0.0591. The number of hydrogen-bond donors (Lipinski definition) is 0. The van der Waals surface area contributed by atoms with Gasteiger partial charge in [0.1, 0.15) is 11.9 Å². The van der Waals surface area contributed by atoms with Crippen molar-refractivity contribution in [3.05, 3.63) is 42.5 Å². The molecular weight excluding hydrogens is 412 g/mol. The van der Waals surface area contributed by atoms with Crippen molar-refractivity contribution < 1.29 is 18.9 Å². The molecule has 0 amide bonds. The summed E-state index contributed by atoms with van der Waals surface area (Å²) < 4.78 is 23.3. The fourth-order valence-electron chi connectivity index (χ4n) is 4.03. The maximum Gasteiger partial charge on any atom is 0.127 e. The van der Waals surface area contributed by atoms with Gasteiger partial charge >= 0.3 is 0 Å². The summed E-state index contributed by atoms with van der Waals surface area (Å²) in [6, 6.07) is 14.7. The van der Waals surface area contributed by atoms with Crippen molar-refractivity contribution in [2.45, 2.75) is 84.2 Å². The second-order valence-corrected chi connectivity index (χ2v) is 8.72. The first-order valence-corrected chi connectivity index (χ1v) is 13.2. The van der Waals surface area contributed by atoms with Crippen LogP contribution in [0.15, 0.2) is 42.5 Å². The lowest BCUT2D eigenvalue weighted by atomic mass is 10.0. The van der Waals surface area contributed by atoms with Gasteiger partial charge in [-0.15, -0.1) is 0 Å². The molecule has 33 heavy (non-hydrogen) atoms. The summed E-state index contributed by atoms with van der Waals surface area (Å²) >= 11 is 0. The van der Waals surface area contributed by atoms with Crippen LogP contribution >= 0.6 is 0 Å². The van der Waals surface area contributed by atoms with E-state index in [1.54, 1.807) is 0 Å². The molecule has 0 saturated carbocycles. The van der Waals surface area contributed by atoms with Gasteiger partial charge in [0, 0.05) is 12.0 Å². The summed E-state index contributed by atoms with van der Waals surface area (Å²) in [6.45, 7) is 8.02. The molecule has 0 bridgehead atoms. The van der Waals surface area contributed by atoms with Crippen LogP contribution < -0.4 is 4.74 Å². The number of unbranched alkanes of at least 4 members (excludes halogenated alkanes) is 8. The average molecular weight is 459 g/mol. The van der Waals surface area contributed by atoms with E-state index in [4.69, 9.17) is 18.9 Å². The van der Waals surface area contributed by atoms with E-state index < -0.39 is 0 Å². The molecule has 2 rings (SSSR count). The highest BCUT2D eigenvalue weighted by Crippen LogP contribution is 2.27. The van der Waals surface area contributed by atoms with Gasteiger partial charge in [-0.05, 0) is 31.2 Å². The lowest BCUT2D eigenvalue weighted by Crippen LogP contribution is -2.24. The molecule has 2 aromatic rings. The number of hydrogen-bond acceptors (Lipinski definition) is 4. The highest BCUT2D eigenvalue weighted by molar-refractivity contribution is 5.88. The van der Waals surface area contributed by atoms with E-state index in [2.05, 4.69) is 49.4 Å². The Hall–Kier alpha value is -1.62. The molecule has 0 heterocycles. The van der Waals surface area contributed by atoms with Gasteiger partial charge in [0.15, 0.2) is 0 Å². The fourth-order valence-corrected chi connectivity index (χ4v) is 4.03. The lowest BCUT2D eigenvalue weighted by Gasteiger charge is -2.20. The van der Waals surface area contributed by atoms with Crippen LogP contribution in [-0.2, 0) is 14.2 Å². The van der Waals surface area contributed by atoms with Gasteiger partial charge in [-0.1, -0.05) is 94.7 Å². The maximum absolute atomic E-state index is 6.47. The van der Waals surface area contributed by atoms with E-state index in [9.17, 15) is 0 Å². The minimum atomic E-state index is 0.0591. The Morgan fingerprint density at radius 1 is 0.636 bits per heavy atom. The maximum atomic E-state index is 6.47. The monoisotopic (exact) mass is 458 g/mol. The molecule has 0 radical (unpaired) electrons. The van der Waals surface area contributed by atoms with Crippen molar-refractivity contribution in [3.8, 4) is 5.75 Å². The first kappa shape index (κ1) is 27.6. The third kappa shape index (κ3) is 12.4. The van der Waals surface area contributed by atoms with Gasteiger partial charge in [0.2, 0.25) is 0 Å². The second kappa shape index (κ2) is 18.8. The summed E-state index contributed by atoms with van der Waals surface area (Å²) in [5.41, 5.74) is 0. The molecular formula is C29H46O4. The molecule has 0 aromatic heterocycles. The molecule has 1 atom stereocenters. The summed E-state index contributed by atoms with van der Waals surface area (Å²) in [7, 11) is 0. The van der Waals surface area contributed by atoms with E-state index in [0.29, 0.717) is 33.0 Å². The van der Waals surface area contributed by atoms with Gasteiger partial charge in [-0.2, -0.15) is 0 Å². The highest BCUT2D eigenvalue weighted by Gasteiger charge is 2.13. The molecule has 186 valence electrons. The SMILES string of the molecule is CCCCCCCCCCCC(COCCOCCOCC)Oc1cccc2ccccc12. The molecule has 4 heteroatoms. The van der Waals surface area contributed by atoms with E-state index in [-0.39, 0.29) is 6.10 Å². The topological polar surface area (TPSA) is 36.9 Å². The molecule has 1 unspecified atom stereocenters. The summed E-state index contributed by atoms with van der Waals surface area (Å²) in [6.07, 6.45) is 13.1. The zero-order chi connectivity index (χ0) is 23.4. The summed E-state index contributed by atoms with van der Waals surface area (Å²) in [4.78, 5) is 0. The number of rotatable bonds is 21. The Bertz CT molecular complexity index is 712. The molecule has 0 aliphatic heterocycles. The highest BCUT2D eigenvalue weighted by atomic mass is 16.6. The Morgan fingerprint density at radius 3 is 2.03 bits per heavy atom. The molecule has 0 fully saturated rings. The summed E-state index contributed by atoms with van der Waals surface area (Å²) in [5, 5.41) is 2.37. The van der Waals surface area contributed by atoms with Gasteiger partial charge in [0.05, 0.1) is 33.0 Å². The Labute approximate surface area is 202 Å². The third-order valence-corrected chi connectivity index (χ3v) is 5.92. The van der Waals surface area contributed by atoms with Crippen molar-refractivity contribution in [1.82, 2.24) is 0 Å². The molecule has 4 nitrogen and oxygen atoms in total. The van der Waals surface area contributed by atoms with Crippen LogP contribution in [0.25, 0.3) is 10.8 Å². The van der Waals surface area contributed by atoms with Crippen LogP contribution in [0.2, 0.25) is 0 Å². The van der Waals surface area contributed by atoms with Gasteiger partial charge < -0.3 is 18.9 Å². The average Bonchev–Trinajstić information content (AvgIpc) is 2.84. The third-order valence-electron chi connectivity index (χ3n) is 5.92. The van der Waals surface area contributed by atoms with Gasteiger partial charge in [0.25, 0.3) is 0 Å². The van der Waals surface area contributed by atoms with Gasteiger partial charge in [-0.3, -0.25) is 0 Å². The largest absolute Gasteiger partial charge is 0.487 e. The zero-order valence-electron chi connectivity index (χ0n) is 21.1.